The van der Waals surface area contributed by atoms with Crippen LogP contribution >= 0.6 is 0 Å². The third kappa shape index (κ3) is 3.42. The van der Waals surface area contributed by atoms with Crippen molar-refractivity contribution in [3.63, 3.8) is 0 Å². The van der Waals surface area contributed by atoms with Crippen molar-refractivity contribution in [1.82, 2.24) is 20.3 Å². The van der Waals surface area contributed by atoms with Gasteiger partial charge in [0.1, 0.15) is 0 Å². The number of amides is 1. The first-order valence-electron chi connectivity index (χ1n) is 7.92. The second kappa shape index (κ2) is 6.50. The number of hydrogen-bond donors (Lipinski definition) is 1. The molecule has 2 heterocycles. The van der Waals surface area contributed by atoms with Crippen LogP contribution in [-0.2, 0) is 4.74 Å². The summed E-state index contributed by atoms with van der Waals surface area (Å²) in [5.41, 5.74) is 4.16. The van der Waals surface area contributed by atoms with Gasteiger partial charge in [-0.1, -0.05) is 17.7 Å². The van der Waals surface area contributed by atoms with E-state index in [9.17, 15) is 4.79 Å². The van der Waals surface area contributed by atoms with E-state index in [0.717, 1.165) is 24.3 Å². The zero-order chi connectivity index (χ0) is 16.4. The Labute approximate surface area is 135 Å². The number of carbonyl (C=O) groups excluding carboxylic acids is 1. The minimum atomic E-state index is -0.176. The van der Waals surface area contributed by atoms with Crippen LogP contribution in [0.5, 0.6) is 0 Å². The highest BCUT2D eigenvalue weighted by Gasteiger charge is 2.20. The molecule has 6 nitrogen and oxygen atoms in total. The summed E-state index contributed by atoms with van der Waals surface area (Å²) in [4.78, 5) is 13.9. The first kappa shape index (κ1) is 15.7. The second-order valence-electron chi connectivity index (χ2n) is 6.15. The van der Waals surface area contributed by atoms with Crippen LogP contribution in [-0.4, -0.2) is 40.7 Å². The summed E-state index contributed by atoms with van der Waals surface area (Å²) in [6.45, 7) is 7.98. The number of carbonyl (C=O) groups is 1. The van der Waals surface area contributed by atoms with Gasteiger partial charge in [0.15, 0.2) is 5.69 Å². The Hall–Kier alpha value is -2.21. The van der Waals surface area contributed by atoms with E-state index in [1.165, 1.54) is 10.4 Å². The number of aryl methyl sites for hydroxylation is 3. The van der Waals surface area contributed by atoms with Crippen molar-refractivity contribution in [2.45, 2.75) is 27.2 Å². The molecule has 6 heteroatoms. The number of nitrogens with zero attached hydrogens (tertiary/aromatic N) is 3. The standard InChI is InChI=1S/C17H22N4O2/c1-11-4-5-15(12(2)8-11)21-19-13(3)16(20-21)17(22)18-9-14-6-7-23-10-14/h4-5,8,14H,6-7,9-10H2,1-3H3,(H,18,22)/t14-/m1/s1. The van der Waals surface area contributed by atoms with Crippen LogP contribution in [0.1, 0.15) is 33.7 Å². The van der Waals surface area contributed by atoms with Crippen LogP contribution in [0.3, 0.4) is 0 Å². The van der Waals surface area contributed by atoms with Gasteiger partial charge in [-0.05, 0) is 38.8 Å². The van der Waals surface area contributed by atoms with Gasteiger partial charge in [-0.15, -0.1) is 5.10 Å². The topological polar surface area (TPSA) is 69.0 Å². The van der Waals surface area contributed by atoms with E-state index in [1.807, 2.05) is 26.0 Å². The van der Waals surface area contributed by atoms with Gasteiger partial charge in [0.05, 0.1) is 18.0 Å². The molecule has 0 spiro atoms. The molecule has 1 atom stereocenters. The SMILES string of the molecule is Cc1ccc(-n2nc(C)c(C(=O)NC[C@H]3CCOC3)n2)c(C)c1. The van der Waals surface area contributed by atoms with Crippen molar-refractivity contribution in [2.75, 3.05) is 19.8 Å². The van der Waals surface area contributed by atoms with Gasteiger partial charge in [0, 0.05) is 19.1 Å². The van der Waals surface area contributed by atoms with Crippen LogP contribution in [0.25, 0.3) is 5.69 Å². The van der Waals surface area contributed by atoms with E-state index < -0.39 is 0 Å². The molecule has 122 valence electrons. The number of nitrogens with one attached hydrogen (secondary N) is 1. The molecule has 0 radical (unpaired) electrons. The summed E-state index contributed by atoms with van der Waals surface area (Å²) in [7, 11) is 0. The molecular weight excluding hydrogens is 292 g/mol. The summed E-state index contributed by atoms with van der Waals surface area (Å²) in [5, 5.41) is 11.7. The Balaban J connectivity index is 1.76. The molecule has 1 aromatic heterocycles. The molecule has 1 fully saturated rings. The lowest BCUT2D eigenvalue weighted by molar-refractivity contribution is 0.0939. The van der Waals surface area contributed by atoms with Gasteiger partial charge in [-0.25, -0.2) is 0 Å². The summed E-state index contributed by atoms with van der Waals surface area (Å²) in [6.07, 6.45) is 0.995. The molecule has 23 heavy (non-hydrogen) atoms. The third-order valence-electron chi connectivity index (χ3n) is 4.14. The molecule has 0 bridgehead atoms. The van der Waals surface area contributed by atoms with Crippen LogP contribution in [0.2, 0.25) is 0 Å². The first-order valence-corrected chi connectivity index (χ1v) is 7.92. The number of hydrogen-bond acceptors (Lipinski definition) is 4. The lowest BCUT2D eigenvalue weighted by Crippen LogP contribution is -2.30. The Morgan fingerprint density at radius 1 is 1.35 bits per heavy atom. The van der Waals surface area contributed by atoms with Gasteiger partial charge in [0.2, 0.25) is 0 Å². The molecule has 1 amide bonds. The molecule has 1 N–H and O–H groups in total. The van der Waals surface area contributed by atoms with Crippen LogP contribution in [0, 0.1) is 26.7 Å². The van der Waals surface area contributed by atoms with Gasteiger partial charge in [-0.2, -0.15) is 9.90 Å². The minimum Gasteiger partial charge on any atom is -0.381 e. The van der Waals surface area contributed by atoms with E-state index in [4.69, 9.17) is 4.74 Å². The molecule has 2 aromatic rings. The van der Waals surface area contributed by atoms with E-state index >= 15 is 0 Å². The van der Waals surface area contributed by atoms with Crippen molar-refractivity contribution in [3.8, 4) is 5.69 Å². The molecule has 1 aliphatic heterocycles. The fraction of sp³-hybridized carbons (Fsp3) is 0.471. The van der Waals surface area contributed by atoms with Crippen LogP contribution < -0.4 is 5.32 Å². The van der Waals surface area contributed by atoms with Gasteiger partial charge in [-0.3, -0.25) is 4.79 Å². The van der Waals surface area contributed by atoms with Crippen LogP contribution in [0.4, 0.5) is 0 Å². The third-order valence-corrected chi connectivity index (χ3v) is 4.14. The molecule has 0 unspecified atom stereocenters. The maximum atomic E-state index is 12.3. The molecule has 0 aliphatic carbocycles. The second-order valence-corrected chi connectivity index (χ2v) is 6.15. The average Bonchev–Trinajstić information content (AvgIpc) is 3.14. The highest BCUT2D eigenvalue weighted by molar-refractivity contribution is 5.93. The molecule has 1 aromatic carbocycles. The van der Waals surface area contributed by atoms with Crippen molar-refractivity contribution in [2.24, 2.45) is 5.92 Å². The largest absolute Gasteiger partial charge is 0.381 e. The normalized spacial score (nSPS) is 17.4. The molecule has 0 saturated carbocycles. The lowest BCUT2D eigenvalue weighted by Gasteiger charge is -2.08. The van der Waals surface area contributed by atoms with Crippen LogP contribution in [0.15, 0.2) is 18.2 Å². The maximum Gasteiger partial charge on any atom is 0.273 e. The predicted octanol–water partition coefficient (Wildman–Crippen LogP) is 1.96. The predicted molar refractivity (Wildman–Crippen MR) is 86.8 cm³/mol. The zero-order valence-electron chi connectivity index (χ0n) is 13.8. The summed E-state index contributed by atoms with van der Waals surface area (Å²) < 4.78 is 5.32. The average molecular weight is 314 g/mol. The van der Waals surface area contributed by atoms with Crippen molar-refractivity contribution in [3.05, 3.63) is 40.7 Å². The summed E-state index contributed by atoms with van der Waals surface area (Å²) >= 11 is 0. The Morgan fingerprint density at radius 3 is 2.87 bits per heavy atom. The molecule has 3 rings (SSSR count). The van der Waals surface area contributed by atoms with Crippen molar-refractivity contribution >= 4 is 5.91 Å². The highest BCUT2D eigenvalue weighted by Crippen LogP contribution is 2.15. The first-order chi connectivity index (χ1) is 11.0. The smallest absolute Gasteiger partial charge is 0.273 e. The monoisotopic (exact) mass is 314 g/mol. The van der Waals surface area contributed by atoms with E-state index in [2.05, 4.69) is 21.6 Å². The highest BCUT2D eigenvalue weighted by atomic mass is 16.5. The quantitative estimate of drug-likeness (QED) is 0.936. The van der Waals surface area contributed by atoms with E-state index in [0.29, 0.717) is 30.5 Å². The number of ether oxygens (including phenoxy) is 1. The Morgan fingerprint density at radius 2 is 2.17 bits per heavy atom. The van der Waals surface area contributed by atoms with Gasteiger partial charge < -0.3 is 10.1 Å². The summed E-state index contributed by atoms with van der Waals surface area (Å²) in [5.74, 6) is 0.221. The lowest BCUT2D eigenvalue weighted by atomic mass is 10.1. The van der Waals surface area contributed by atoms with E-state index in [1.54, 1.807) is 6.92 Å². The van der Waals surface area contributed by atoms with Gasteiger partial charge >= 0.3 is 0 Å². The number of benzene rings is 1. The molecule has 1 saturated heterocycles. The molecular formula is C17H22N4O2. The fourth-order valence-corrected chi connectivity index (χ4v) is 2.79. The van der Waals surface area contributed by atoms with Gasteiger partial charge in [0.25, 0.3) is 5.91 Å². The Kier molecular flexibility index (Phi) is 4.43. The maximum absolute atomic E-state index is 12.3. The minimum absolute atomic E-state index is 0.176. The van der Waals surface area contributed by atoms with E-state index in [-0.39, 0.29) is 5.91 Å². The summed E-state index contributed by atoms with van der Waals surface area (Å²) in [6, 6.07) is 6.07. The Bertz CT molecular complexity index is 717. The zero-order valence-corrected chi connectivity index (χ0v) is 13.8. The van der Waals surface area contributed by atoms with Crippen molar-refractivity contribution < 1.29 is 9.53 Å². The number of aromatic nitrogens is 3. The number of rotatable bonds is 4. The molecule has 1 aliphatic rings. The van der Waals surface area contributed by atoms with Crippen molar-refractivity contribution in [1.29, 1.82) is 0 Å². The fourth-order valence-electron chi connectivity index (χ4n) is 2.79.